The summed E-state index contributed by atoms with van der Waals surface area (Å²) in [5.74, 6) is 0.538. The zero-order chi connectivity index (χ0) is 19.8. The average molecular weight is 449 g/mol. The quantitative estimate of drug-likeness (QED) is 0.389. The van der Waals surface area contributed by atoms with Crippen molar-refractivity contribution in [2.24, 2.45) is 0 Å². The first kappa shape index (κ1) is 18.7. The van der Waals surface area contributed by atoms with Crippen LogP contribution < -0.4 is 5.73 Å². The maximum atomic E-state index is 7.80. The molecule has 0 radical (unpaired) electrons. The van der Waals surface area contributed by atoms with Crippen LogP contribution in [0.5, 0.6) is 0 Å². The Bertz CT molecular complexity index is 1230. The van der Waals surface area contributed by atoms with Crippen LogP contribution in [-0.2, 0) is 0 Å². The second-order valence-corrected chi connectivity index (χ2v) is 7.75. The van der Waals surface area contributed by atoms with Crippen molar-refractivity contribution in [2.75, 3.05) is 5.73 Å². The number of rotatable bonds is 3. The third-order valence-electron chi connectivity index (χ3n) is 3.80. The highest BCUT2D eigenvalue weighted by Gasteiger charge is 2.27. The first-order valence-corrected chi connectivity index (χ1v) is 9.59. The van der Waals surface area contributed by atoms with Gasteiger partial charge in [0.1, 0.15) is 6.33 Å². The SMILES string of the molecule is [C-]#[N+]c1c(-c2nc(N)ncc2Cl)sc(-c2nnc[nH]2)c1-c1ccc(Cl)cc1Cl. The van der Waals surface area contributed by atoms with Crippen LogP contribution in [0.4, 0.5) is 11.6 Å². The maximum Gasteiger partial charge on any atom is 0.220 e. The summed E-state index contributed by atoms with van der Waals surface area (Å²) >= 11 is 20.0. The number of thiophene rings is 1. The van der Waals surface area contributed by atoms with Crippen LogP contribution in [0.3, 0.4) is 0 Å². The number of hydrogen-bond donors (Lipinski definition) is 2. The summed E-state index contributed by atoms with van der Waals surface area (Å²) in [7, 11) is 0. The fourth-order valence-electron chi connectivity index (χ4n) is 2.65. The molecule has 0 spiro atoms. The van der Waals surface area contributed by atoms with E-state index in [9.17, 15) is 0 Å². The maximum absolute atomic E-state index is 7.80. The number of H-pyrrole nitrogens is 1. The Kier molecular flexibility index (Phi) is 4.91. The van der Waals surface area contributed by atoms with Crippen molar-refractivity contribution in [3.05, 3.63) is 57.2 Å². The van der Waals surface area contributed by atoms with Gasteiger partial charge >= 0.3 is 0 Å². The molecule has 0 unspecified atom stereocenters. The van der Waals surface area contributed by atoms with Gasteiger partial charge in [0.2, 0.25) is 11.6 Å². The van der Waals surface area contributed by atoms with Crippen molar-refractivity contribution < 1.29 is 0 Å². The zero-order valence-electron chi connectivity index (χ0n) is 13.7. The molecule has 7 nitrogen and oxygen atoms in total. The fraction of sp³-hybridized carbons (Fsp3) is 0. The molecule has 4 rings (SSSR count). The molecule has 28 heavy (non-hydrogen) atoms. The first-order valence-electron chi connectivity index (χ1n) is 7.64. The molecule has 0 amide bonds. The smallest absolute Gasteiger partial charge is 0.220 e. The lowest BCUT2D eigenvalue weighted by molar-refractivity contribution is 1.10. The van der Waals surface area contributed by atoms with Gasteiger partial charge in [-0.1, -0.05) is 40.9 Å². The summed E-state index contributed by atoms with van der Waals surface area (Å²) in [5, 5.41) is 9.08. The molecule has 0 aliphatic rings. The number of halogens is 3. The molecule has 3 aromatic heterocycles. The average Bonchev–Trinajstić information content (AvgIpc) is 3.31. The van der Waals surface area contributed by atoms with Gasteiger partial charge in [-0.2, -0.15) is 0 Å². The summed E-state index contributed by atoms with van der Waals surface area (Å²) < 4.78 is 0. The standard InChI is InChI=1S/C17H8Cl3N7S/c1-22-13-11(8-3-2-7(18)4-9(8)19)14(16-24-6-25-27-16)28-15(13)12-10(20)5-23-17(21)26-12/h2-6H,(H2,21,23,26)(H,24,25,27). The van der Waals surface area contributed by atoms with Crippen molar-refractivity contribution in [2.45, 2.75) is 0 Å². The van der Waals surface area contributed by atoms with Gasteiger partial charge in [-0.15, -0.1) is 21.5 Å². The molecule has 11 heteroatoms. The molecule has 0 bridgehead atoms. The van der Waals surface area contributed by atoms with Crippen molar-refractivity contribution in [3.63, 3.8) is 0 Å². The summed E-state index contributed by atoms with van der Waals surface area (Å²) in [6, 6.07) is 5.07. The van der Waals surface area contributed by atoms with Gasteiger partial charge in [0.15, 0.2) is 5.82 Å². The van der Waals surface area contributed by atoms with Crippen LogP contribution in [0.15, 0.2) is 30.7 Å². The molecule has 3 heterocycles. The molecule has 0 aliphatic carbocycles. The lowest BCUT2D eigenvalue weighted by atomic mass is 10.0. The van der Waals surface area contributed by atoms with Gasteiger partial charge in [-0.05, 0) is 17.7 Å². The Labute approximate surface area is 178 Å². The van der Waals surface area contributed by atoms with E-state index in [4.69, 9.17) is 47.1 Å². The molecule has 0 saturated carbocycles. The Morgan fingerprint density at radius 2 is 1.96 bits per heavy atom. The minimum atomic E-state index is 0.0519. The largest absolute Gasteiger partial charge is 0.368 e. The van der Waals surface area contributed by atoms with Crippen molar-refractivity contribution >= 4 is 57.8 Å². The molecule has 0 saturated heterocycles. The lowest BCUT2D eigenvalue weighted by Crippen LogP contribution is -1.95. The highest BCUT2D eigenvalue weighted by Crippen LogP contribution is 2.53. The monoisotopic (exact) mass is 447 g/mol. The molecule has 3 N–H and O–H groups in total. The number of nitrogens with two attached hydrogens (primary N) is 1. The zero-order valence-corrected chi connectivity index (χ0v) is 16.8. The van der Waals surface area contributed by atoms with Gasteiger partial charge in [-0.25, -0.2) is 14.8 Å². The highest BCUT2D eigenvalue weighted by atomic mass is 35.5. The number of aromatic amines is 1. The topological polar surface area (TPSA) is 97.7 Å². The number of nitrogens with zero attached hydrogens (tertiary/aromatic N) is 5. The van der Waals surface area contributed by atoms with E-state index in [1.165, 1.54) is 23.9 Å². The van der Waals surface area contributed by atoms with E-state index >= 15 is 0 Å². The van der Waals surface area contributed by atoms with Gasteiger partial charge < -0.3 is 10.7 Å². The molecule has 0 fully saturated rings. The summed E-state index contributed by atoms with van der Waals surface area (Å²) in [4.78, 5) is 16.0. The van der Waals surface area contributed by atoms with Gasteiger partial charge in [0, 0.05) is 15.6 Å². The van der Waals surface area contributed by atoms with E-state index in [1.54, 1.807) is 18.2 Å². The molecule has 4 aromatic rings. The van der Waals surface area contributed by atoms with E-state index in [2.05, 4.69) is 30.0 Å². The van der Waals surface area contributed by atoms with Crippen LogP contribution in [0.25, 0.3) is 37.2 Å². The van der Waals surface area contributed by atoms with Gasteiger partial charge in [-0.3, -0.25) is 0 Å². The third kappa shape index (κ3) is 3.19. The van der Waals surface area contributed by atoms with Crippen LogP contribution in [0.2, 0.25) is 15.1 Å². The summed E-state index contributed by atoms with van der Waals surface area (Å²) in [5.41, 5.74) is 7.63. The molecule has 0 aliphatic heterocycles. The highest BCUT2D eigenvalue weighted by molar-refractivity contribution is 7.20. The van der Waals surface area contributed by atoms with E-state index < -0.39 is 0 Å². The summed E-state index contributed by atoms with van der Waals surface area (Å²) in [6.45, 7) is 7.80. The predicted molar refractivity (Wildman–Crippen MR) is 112 cm³/mol. The third-order valence-corrected chi connectivity index (χ3v) is 5.82. The second kappa shape index (κ2) is 7.37. The van der Waals surface area contributed by atoms with Gasteiger partial charge in [0.25, 0.3) is 0 Å². The van der Waals surface area contributed by atoms with E-state index in [1.807, 2.05) is 0 Å². The predicted octanol–water partition coefficient (Wildman–Crippen LogP) is 5.75. The van der Waals surface area contributed by atoms with E-state index in [0.29, 0.717) is 48.1 Å². The molecule has 1 aromatic carbocycles. The Balaban J connectivity index is 2.08. The molecular weight excluding hydrogens is 441 g/mol. The van der Waals surface area contributed by atoms with Crippen molar-refractivity contribution in [1.82, 2.24) is 25.1 Å². The Hall–Kier alpha value is -2.70. The van der Waals surface area contributed by atoms with Crippen LogP contribution in [0, 0.1) is 6.57 Å². The van der Waals surface area contributed by atoms with Crippen molar-refractivity contribution in [3.8, 4) is 32.4 Å². The van der Waals surface area contributed by atoms with Gasteiger partial charge in [0.05, 0.1) is 33.2 Å². The minimum absolute atomic E-state index is 0.0519. The number of hydrogen-bond acceptors (Lipinski definition) is 6. The second-order valence-electron chi connectivity index (χ2n) is 5.48. The molecular formula is C17H8Cl3N7S. The first-order chi connectivity index (χ1) is 13.5. The van der Waals surface area contributed by atoms with E-state index in [0.717, 1.165) is 0 Å². The molecule has 138 valence electrons. The Morgan fingerprint density at radius 1 is 1.14 bits per heavy atom. The normalized spacial score (nSPS) is 10.8. The number of anilines is 1. The Morgan fingerprint density at radius 3 is 2.64 bits per heavy atom. The summed E-state index contributed by atoms with van der Waals surface area (Å²) in [6.07, 6.45) is 2.85. The number of aromatic nitrogens is 5. The van der Waals surface area contributed by atoms with Crippen LogP contribution >= 0.6 is 46.1 Å². The van der Waals surface area contributed by atoms with E-state index in [-0.39, 0.29) is 11.0 Å². The fourth-order valence-corrected chi connectivity index (χ4v) is 4.61. The van der Waals surface area contributed by atoms with Crippen LogP contribution in [-0.4, -0.2) is 25.1 Å². The van der Waals surface area contributed by atoms with Crippen LogP contribution in [0.1, 0.15) is 0 Å². The van der Waals surface area contributed by atoms with Crippen molar-refractivity contribution in [1.29, 1.82) is 0 Å². The number of nitrogen functional groups attached to an aromatic ring is 1. The number of nitrogens with one attached hydrogen (secondary N) is 1. The lowest BCUT2D eigenvalue weighted by Gasteiger charge is -2.07. The minimum Gasteiger partial charge on any atom is -0.368 e. The number of benzene rings is 1. The molecule has 0 atom stereocenters.